The van der Waals surface area contributed by atoms with E-state index in [0.29, 0.717) is 6.07 Å². The molecule has 0 atom stereocenters. The maximum absolute atomic E-state index is 12.7. The first kappa shape index (κ1) is 32.6. The second-order valence-corrected chi connectivity index (χ2v) is 13.7. The van der Waals surface area contributed by atoms with Gasteiger partial charge in [0.05, 0.1) is 12.1 Å². The summed E-state index contributed by atoms with van der Waals surface area (Å²) in [7, 11) is 0. The number of halogens is 9. The van der Waals surface area contributed by atoms with Crippen LogP contribution in [0.25, 0.3) is 27.6 Å². The highest BCUT2D eigenvalue weighted by atomic mass is 36.0. The number of alkyl halides is 6. The van der Waals surface area contributed by atoms with Crippen LogP contribution in [-0.2, 0) is 16.9 Å². The van der Waals surface area contributed by atoms with E-state index >= 15 is 0 Å². The number of carbonyl (C=O) groups excluding carboxylic acids is 1. The number of aromatic nitrogens is 6. The molecule has 0 fully saturated rings. The Morgan fingerprint density at radius 3 is 1.60 bits per heavy atom. The third-order valence-electron chi connectivity index (χ3n) is 4.30. The molecule has 0 saturated heterocycles. The second kappa shape index (κ2) is 13.1. The van der Waals surface area contributed by atoms with Gasteiger partial charge in [0.25, 0.3) is 0 Å². The molecule has 10 nitrogen and oxygen atoms in total. The summed E-state index contributed by atoms with van der Waals surface area (Å²) in [6, 6.07) is 5.83. The van der Waals surface area contributed by atoms with Crippen LogP contribution in [0.1, 0.15) is 21.5 Å². The van der Waals surface area contributed by atoms with Crippen molar-refractivity contribution in [3.05, 3.63) is 77.2 Å². The lowest BCUT2D eigenvalue weighted by Gasteiger charge is -2.09. The van der Waals surface area contributed by atoms with Crippen LogP contribution in [0.4, 0.5) is 32.0 Å². The number of amides is 1. The minimum absolute atomic E-state index is 0.0915. The number of H-pyrrole nitrogens is 2. The average Bonchev–Trinajstić information content (AvgIpc) is 3.56. The quantitative estimate of drug-likeness (QED) is 0.120. The van der Waals surface area contributed by atoms with Crippen molar-refractivity contribution in [1.29, 1.82) is 0 Å². The summed E-state index contributed by atoms with van der Waals surface area (Å²) in [5.41, 5.74) is 3.10. The van der Waals surface area contributed by atoms with Gasteiger partial charge in [0.1, 0.15) is 12.7 Å². The van der Waals surface area contributed by atoms with E-state index < -0.39 is 34.6 Å². The van der Waals surface area contributed by atoms with Gasteiger partial charge in [-0.2, -0.15) is 36.5 Å². The van der Waals surface area contributed by atoms with Crippen LogP contribution in [0.2, 0.25) is 0 Å². The zero-order chi connectivity index (χ0) is 30.3. The van der Waals surface area contributed by atoms with Gasteiger partial charge in [0, 0.05) is 22.3 Å². The molecule has 0 unspecified atom stereocenters. The van der Waals surface area contributed by atoms with Gasteiger partial charge in [-0.15, -0.1) is 0 Å². The number of rotatable bonds is 3. The number of hydrogen-bond acceptors (Lipinski definition) is 6. The Morgan fingerprint density at radius 1 is 0.825 bits per heavy atom. The van der Waals surface area contributed by atoms with Crippen LogP contribution in [0.15, 0.2) is 49.1 Å². The number of primary amides is 1. The molecule has 20 heteroatoms. The Kier molecular flexibility index (Phi) is 10.7. The molecular formula is C20H12Cl3F6N8O2P. The first-order valence-electron chi connectivity index (χ1n) is 9.90. The van der Waals surface area contributed by atoms with Crippen molar-refractivity contribution in [3.63, 3.8) is 0 Å². The number of hydrogen-bond donors (Lipinski definition) is 3. The molecular weight excluding hydrogens is 636 g/mol. The molecule has 40 heavy (non-hydrogen) atoms. The molecule has 2 heterocycles. The van der Waals surface area contributed by atoms with Crippen molar-refractivity contribution in [3.8, 4) is 22.8 Å². The Labute approximate surface area is 234 Å². The molecule has 0 spiro atoms. The Bertz CT molecular complexity index is 1530. The Morgan fingerprint density at radius 2 is 1.25 bits per heavy atom. The highest BCUT2D eigenvalue weighted by molar-refractivity contribution is 8.24. The highest BCUT2D eigenvalue weighted by Crippen LogP contribution is 2.61. The second-order valence-electron chi connectivity index (χ2n) is 7.11. The van der Waals surface area contributed by atoms with Gasteiger partial charge in [-0.3, -0.25) is 19.6 Å². The molecule has 2 aromatic carbocycles. The van der Waals surface area contributed by atoms with Crippen LogP contribution in [0, 0.1) is 6.57 Å². The summed E-state index contributed by atoms with van der Waals surface area (Å²) in [6.07, 6.45) is -6.72. The van der Waals surface area contributed by atoms with E-state index in [0.717, 1.165) is 24.5 Å². The molecule has 2 aromatic heterocycles. The summed E-state index contributed by atoms with van der Waals surface area (Å²) in [6.45, 7) is 6.78. The zero-order valence-electron chi connectivity index (χ0n) is 19.1. The molecule has 4 rings (SSSR count). The Hall–Kier alpha value is -3.64. The van der Waals surface area contributed by atoms with Gasteiger partial charge in [-0.25, -0.2) is 14.8 Å². The van der Waals surface area contributed by atoms with E-state index in [2.05, 4.69) is 68.9 Å². The van der Waals surface area contributed by atoms with Gasteiger partial charge in [-0.05, 0) is 70.1 Å². The third-order valence-corrected chi connectivity index (χ3v) is 4.30. The fraction of sp³-hybridized carbons (Fsp3) is 0.100. The first-order valence-corrected chi connectivity index (χ1v) is 14.3. The van der Waals surface area contributed by atoms with Gasteiger partial charge in [0.15, 0.2) is 17.3 Å². The third kappa shape index (κ3) is 10.5. The maximum atomic E-state index is 12.7. The zero-order valence-corrected chi connectivity index (χ0v) is 22.3. The predicted molar refractivity (Wildman–Crippen MR) is 134 cm³/mol. The number of nitrogens with zero attached hydrogens (tertiary/aromatic N) is 5. The molecule has 0 aliphatic rings. The van der Waals surface area contributed by atoms with E-state index in [1.54, 1.807) is 0 Å². The van der Waals surface area contributed by atoms with E-state index in [1.165, 1.54) is 18.5 Å². The average molecular weight is 648 g/mol. The first-order chi connectivity index (χ1) is 18.4. The van der Waals surface area contributed by atoms with Crippen LogP contribution < -0.4 is 5.73 Å². The molecule has 212 valence electrons. The largest absolute Gasteiger partial charge is 0.416 e. The lowest BCUT2D eigenvalue weighted by molar-refractivity contribution is -0.138. The molecule has 4 N–H and O–H groups in total. The van der Waals surface area contributed by atoms with Gasteiger partial charge >= 0.3 is 17.6 Å². The topological polar surface area (TPSA) is 148 Å². The molecule has 0 saturated carbocycles. The summed E-state index contributed by atoms with van der Waals surface area (Å²) in [5.74, 6) is -0.619. The summed E-state index contributed by atoms with van der Waals surface area (Å²) in [5, 5.41) is 8.73. The fourth-order valence-electron chi connectivity index (χ4n) is 2.74. The van der Waals surface area contributed by atoms with Crippen molar-refractivity contribution in [2.75, 3.05) is 0 Å². The number of nitrogens with two attached hydrogens (primary N) is 1. The van der Waals surface area contributed by atoms with Crippen molar-refractivity contribution in [2.45, 2.75) is 12.4 Å². The van der Waals surface area contributed by atoms with Crippen LogP contribution in [0.5, 0.6) is 0 Å². The van der Waals surface area contributed by atoms with Gasteiger partial charge < -0.3 is 5.73 Å². The van der Waals surface area contributed by atoms with Crippen LogP contribution in [0.3, 0.4) is 0 Å². The number of benzene rings is 2. The van der Waals surface area contributed by atoms with Crippen molar-refractivity contribution < 1.29 is 35.7 Å². The lowest BCUT2D eigenvalue weighted by Crippen LogP contribution is -2.14. The molecule has 0 radical (unpaired) electrons. The minimum Gasteiger partial charge on any atom is -0.366 e. The Balaban J connectivity index is 0.000000241. The molecule has 1 amide bonds. The van der Waals surface area contributed by atoms with Crippen molar-refractivity contribution in [1.82, 2.24) is 30.4 Å². The van der Waals surface area contributed by atoms with Crippen molar-refractivity contribution >= 4 is 50.5 Å². The van der Waals surface area contributed by atoms with Crippen molar-refractivity contribution in [2.24, 2.45) is 5.73 Å². The maximum Gasteiger partial charge on any atom is 0.416 e. The molecule has 4 aromatic rings. The fourth-order valence-corrected chi connectivity index (χ4v) is 2.74. The molecule has 0 aliphatic heterocycles. The minimum atomic E-state index is -4.57. The normalized spacial score (nSPS) is 11.4. The highest BCUT2D eigenvalue weighted by Gasteiger charge is 2.32. The SMILES string of the molecule is NC(=O)c1cc(-c2ncn[nH]2)cc(C(F)(F)F)c1.O=P(Cl)(Cl)Cl.[C-]#[N+]c1cc(-c2ncn[nH]2)cc(C(F)(F)F)c1. The number of nitrogens with one attached hydrogen (secondary N) is 2. The monoisotopic (exact) mass is 646 g/mol. The summed E-state index contributed by atoms with van der Waals surface area (Å²) >= 11 is 13.8. The van der Waals surface area contributed by atoms with E-state index in [4.69, 9.17) is 12.3 Å². The van der Waals surface area contributed by atoms with Crippen LogP contribution in [-0.4, -0.2) is 36.3 Å². The van der Waals surface area contributed by atoms with Gasteiger partial charge in [0.2, 0.25) is 5.91 Å². The van der Waals surface area contributed by atoms with Crippen LogP contribution >= 0.6 is 38.9 Å². The summed E-state index contributed by atoms with van der Waals surface area (Å²) in [4.78, 5) is 21.5. The van der Waals surface area contributed by atoms with E-state index in [1.807, 2.05) is 0 Å². The smallest absolute Gasteiger partial charge is 0.366 e. The van der Waals surface area contributed by atoms with E-state index in [9.17, 15) is 35.7 Å². The predicted octanol–water partition coefficient (Wildman–Crippen LogP) is 7.44. The lowest BCUT2D eigenvalue weighted by atomic mass is 10.0. The number of carbonyl (C=O) groups is 1. The summed E-state index contributed by atoms with van der Waals surface area (Å²) < 4.78 is 85.2. The van der Waals surface area contributed by atoms with E-state index in [-0.39, 0.29) is 34.0 Å². The molecule has 0 bridgehead atoms. The standard InChI is InChI=1S/C10H7F3N4O.C10H5F3N4.Cl3OP/c11-10(12,13)7-2-5(8(14)18)1-6(3-7)9-15-4-16-17-9;1-14-8-3-6(9-15-5-16-17-9)2-7(4-8)10(11,12)13;1-5(2,3)4/h1-4H,(H2,14,18)(H,15,16,17);2-5H,(H,15,16,17);. The molecule has 0 aliphatic carbocycles. The number of aromatic amines is 2. The van der Waals surface area contributed by atoms with Gasteiger partial charge in [-0.1, -0.05) is 0 Å².